The lowest BCUT2D eigenvalue weighted by molar-refractivity contribution is -0.153. The topological polar surface area (TPSA) is 55.4 Å². The summed E-state index contributed by atoms with van der Waals surface area (Å²) in [5, 5.41) is 3.41. The number of carbonyl (C=O) groups is 2. The Labute approximate surface area is 134 Å². The van der Waals surface area contributed by atoms with Gasteiger partial charge in [0.15, 0.2) is 6.10 Å². The molecule has 0 fully saturated rings. The van der Waals surface area contributed by atoms with Crippen LogP contribution < -0.4 is 5.32 Å². The Morgan fingerprint density at radius 1 is 1.24 bits per heavy atom. The van der Waals surface area contributed by atoms with E-state index in [2.05, 4.69) is 5.32 Å². The predicted molar refractivity (Wildman–Crippen MR) is 84.7 cm³/mol. The fraction of sp³-hybridized carbons (Fsp3) is 0.467. The molecule has 0 spiro atoms. The van der Waals surface area contributed by atoms with Gasteiger partial charge in [0.25, 0.3) is 5.91 Å². The third-order valence-corrected chi connectivity index (χ3v) is 3.34. The average Bonchev–Trinajstić information content (AvgIpc) is 2.39. The number of amides is 1. The van der Waals surface area contributed by atoms with Gasteiger partial charge < -0.3 is 10.1 Å². The minimum atomic E-state index is -0.878. The highest BCUT2D eigenvalue weighted by molar-refractivity contribution is 6.36. The molecule has 116 valence electrons. The van der Waals surface area contributed by atoms with Gasteiger partial charge in [0, 0.05) is 11.4 Å². The number of nitrogens with one attached hydrogen (secondary N) is 1. The van der Waals surface area contributed by atoms with Crippen LogP contribution in [0.25, 0.3) is 0 Å². The molecule has 0 aromatic heterocycles. The highest BCUT2D eigenvalue weighted by atomic mass is 35.5. The molecule has 6 heteroatoms. The summed E-state index contributed by atoms with van der Waals surface area (Å²) in [6.45, 7) is 5.56. The quantitative estimate of drug-likeness (QED) is 0.790. The molecule has 0 radical (unpaired) electrons. The van der Waals surface area contributed by atoms with Crippen molar-refractivity contribution in [1.82, 2.24) is 0 Å². The Kier molecular flexibility index (Phi) is 6.99. The fourth-order valence-electron chi connectivity index (χ4n) is 1.54. The lowest BCUT2D eigenvalue weighted by Crippen LogP contribution is -2.30. The summed E-state index contributed by atoms with van der Waals surface area (Å²) in [6, 6.07) is 4.73. The molecular formula is C15H19Cl2NO3. The molecule has 0 saturated carbocycles. The van der Waals surface area contributed by atoms with Crippen LogP contribution in [-0.2, 0) is 14.3 Å². The van der Waals surface area contributed by atoms with Crippen molar-refractivity contribution in [3.63, 3.8) is 0 Å². The molecule has 1 atom stereocenters. The smallest absolute Gasteiger partial charge is 0.306 e. The second kappa shape index (κ2) is 8.25. The lowest BCUT2D eigenvalue weighted by atomic mass is 10.1. The molecule has 0 aliphatic carbocycles. The molecule has 0 aliphatic rings. The highest BCUT2D eigenvalue weighted by Crippen LogP contribution is 2.25. The maximum Gasteiger partial charge on any atom is 0.306 e. The number of benzene rings is 1. The van der Waals surface area contributed by atoms with Crippen LogP contribution in [0.4, 0.5) is 5.69 Å². The highest BCUT2D eigenvalue weighted by Gasteiger charge is 2.18. The monoisotopic (exact) mass is 331 g/mol. The van der Waals surface area contributed by atoms with Crippen LogP contribution >= 0.6 is 23.2 Å². The third-order valence-electron chi connectivity index (χ3n) is 2.79. The van der Waals surface area contributed by atoms with Crippen LogP contribution in [0.15, 0.2) is 18.2 Å². The molecule has 0 aliphatic heterocycles. The third kappa shape index (κ3) is 6.36. The SMILES string of the molecule is CC(C)CCC(=O)O[C@H](C)C(=O)Nc1ccc(Cl)cc1Cl. The van der Waals surface area contributed by atoms with Crippen LogP contribution in [-0.4, -0.2) is 18.0 Å². The van der Waals surface area contributed by atoms with Crippen molar-refractivity contribution >= 4 is 40.8 Å². The van der Waals surface area contributed by atoms with Crippen LogP contribution in [0.5, 0.6) is 0 Å². The first-order valence-electron chi connectivity index (χ1n) is 6.75. The van der Waals surface area contributed by atoms with Gasteiger partial charge >= 0.3 is 5.97 Å². The summed E-state index contributed by atoms with van der Waals surface area (Å²) in [5.41, 5.74) is 0.427. The van der Waals surface area contributed by atoms with E-state index in [1.165, 1.54) is 13.0 Å². The van der Waals surface area contributed by atoms with Gasteiger partial charge in [-0.2, -0.15) is 0 Å². The molecule has 1 aromatic carbocycles. The summed E-state index contributed by atoms with van der Waals surface area (Å²) in [7, 11) is 0. The Bertz CT molecular complexity index is 518. The Morgan fingerprint density at radius 2 is 1.90 bits per heavy atom. The van der Waals surface area contributed by atoms with Crippen molar-refractivity contribution in [2.24, 2.45) is 5.92 Å². The van der Waals surface area contributed by atoms with Crippen molar-refractivity contribution in [2.45, 2.75) is 39.7 Å². The molecule has 21 heavy (non-hydrogen) atoms. The van der Waals surface area contributed by atoms with Crippen LogP contribution in [0.2, 0.25) is 10.0 Å². The molecule has 1 aromatic rings. The first-order valence-corrected chi connectivity index (χ1v) is 7.50. The molecule has 0 heterocycles. The predicted octanol–water partition coefficient (Wildman–Crippen LogP) is 4.30. The number of ether oxygens (including phenoxy) is 1. The van der Waals surface area contributed by atoms with E-state index in [4.69, 9.17) is 27.9 Å². The summed E-state index contributed by atoms with van der Waals surface area (Å²) in [6.07, 6.45) is 0.157. The second-order valence-corrected chi connectivity index (χ2v) is 6.02. The van der Waals surface area contributed by atoms with Gasteiger partial charge in [-0.05, 0) is 37.5 Å². The number of carbonyl (C=O) groups excluding carboxylic acids is 2. The zero-order valence-corrected chi connectivity index (χ0v) is 13.8. The van der Waals surface area contributed by atoms with Gasteiger partial charge in [-0.1, -0.05) is 37.0 Å². The minimum absolute atomic E-state index is 0.303. The zero-order valence-electron chi connectivity index (χ0n) is 12.3. The van der Waals surface area contributed by atoms with E-state index in [0.29, 0.717) is 28.1 Å². The van der Waals surface area contributed by atoms with Crippen LogP contribution in [0.1, 0.15) is 33.6 Å². The number of esters is 1. The minimum Gasteiger partial charge on any atom is -0.453 e. The van der Waals surface area contributed by atoms with Gasteiger partial charge in [-0.25, -0.2) is 0 Å². The van der Waals surface area contributed by atoms with Gasteiger partial charge in [0.2, 0.25) is 0 Å². The van der Waals surface area contributed by atoms with Crippen molar-refractivity contribution in [1.29, 1.82) is 0 Å². The van der Waals surface area contributed by atoms with Crippen molar-refractivity contribution in [3.05, 3.63) is 28.2 Å². The molecule has 1 rings (SSSR count). The molecule has 1 amide bonds. The number of hydrogen-bond donors (Lipinski definition) is 1. The van der Waals surface area contributed by atoms with Crippen molar-refractivity contribution in [3.8, 4) is 0 Å². The maximum absolute atomic E-state index is 11.9. The van der Waals surface area contributed by atoms with E-state index in [0.717, 1.165) is 6.42 Å². The fourth-order valence-corrected chi connectivity index (χ4v) is 2.00. The molecule has 1 N–H and O–H groups in total. The first kappa shape index (κ1) is 17.8. The summed E-state index contributed by atoms with van der Waals surface area (Å²) >= 11 is 11.7. The van der Waals surface area contributed by atoms with Crippen molar-refractivity contribution in [2.75, 3.05) is 5.32 Å². The average molecular weight is 332 g/mol. The molecule has 0 unspecified atom stereocenters. The van der Waals surface area contributed by atoms with Crippen LogP contribution in [0.3, 0.4) is 0 Å². The number of anilines is 1. The van der Waals surface area contributed by atoms with Gasteiger partial charge in [-0.3, -0.25) is 9.59 Å². The molecule has 0 bridgehead atoms. The van der Waals surface area contributed by atoms with Gasteiger partial charge in [-0.15, -0.1) is 0 Å². The largest absolute Gasteiger partial charge is 0.453 e. The Balaban J connectivity index is 2.52. The number of hydrogen-bond acceptors (Lipinski definition) is 3. The second-order valence-electron chi connectivity index (χ2n) is 5.18. The van der Waals surface area contributed by atoms with E-state index in [1.54, 1.807) is 12.1 Å². The Morgan fingerprint density at radius 3 is 2.48 bits per heavy atom. The Hall–Kier alpha value is -1.26. The normalized spacial score (nSPS) is 12.1. The number of rotatable bonds is 6. The van der Waals surface area contributed by atoms with E-state index in [-0.39, 0.29) is 5.97 Å². The van der Waals surface area contributed by atoms with E-state index in [9.17, 15) is 9.59 Å². The number of halogens is 2. The van der Waals surface area contributed by atoms with Crippen LogP contribution in [0, 0.1) is 5.92 Å². The van der Waals surface area contributed by atoms with E-state index < -0.39 is 12.0 Å². The van der Waals surface area contributed by atoms with Gasteiger partial charge in [0.05, 0.1) is 10.7 Å². The summed E-state index contributed by atoms with van der Waals surface area (Å²) in [5.74, 6) is -0.403. The summed E-state index contributed by atoms with van der Waals surface area (Å²) in [4.78, 5) is 23.5. The zero-order chi connectivity index (χ0) is 16.0. The lowest BCUT2D eigenvalue weighted by Gasteiger charge is -2.14. The maximum atomic E-state index is 11.9. The first-order chi connectivity index (χ1) is 9.79. The molecule has 0 saturated heterocycles. The van der Waals surface area contributed by atoms with E-state index >= 15 is 0 Å². The van der Waals surface area contributed by atoms with Crippen molar-refractivity contribution < 1.29 is 14.3 Å². The van der Waals surface area contributed by atoms with E-state index in [1.807, 2.05) is 13.8 Å². The molecular weight excluding hydrogens is 313 g/mol. The standard InChI is InChI=1S/C15H19Cl2NO3/c1-9(2)4-7-14(19)21-10(3)15(20)18-13-6-5-11(16)8-12(13)17/h5-6,8-10H,4,7H2,1-3H3,(H,18,20)/t10-/m1/s1. The van der Waals surface area contributed by atoms with Gasteiger partial charge in [0.1, 0.15) is 0 Å². The summed E-state index contributed by atoms with van der Waals surface area (Å²) < 4.78 is 5.08. The molecule has 4 nitrogen and oxygen atoms in total.